The number of thiophene rings is 1. The van der Waals surface area contributed by atoms with E-state index >= 15 is 0 Å². The summed E-state index contributed by atoms with van der Waals surface area (Å²) in [6, 6.07) is 19.8. The van der Waals surface area contributed by atoms with E-state index in [9.17, 15) is 8.42 Å². The predicted octanol–water partition coefficient (Wildman–Crippen LogP) is 4.89. The zero-order valence-corrected chi connectivity index (χ0v) is 17.2. The molecule has 1 aromatic heterocycles. The molecule has 144 valence electrons. The summed E-state index contributed by atoms with van der Waals surface area (Å²) in [5.74, 6) is 0.737. The van der Waals surface area contributed by atoms with Gasteiger partial charge >= 0.3 is 0 Å². The molecule has 0 aliphatic heterocycles. The van der Waals surface area contributed by atoms with Crippen molar-refractivity contribution in [3.8, 4) is 10.4 Å². The van der Waals surface area contributed by atoms with Crippen molar-refractivity contribution in [2.45, 2.75) is 36.6 Å². The Hall–Kier alpha value is -1.95. The number of sulfonamides is 1. The minimum Gasteiger partial charge on any atom is -0.207 e. The van der Waals surface area contributed by atoms with E-state index in [1.807, 2.05) is 6.07 Å². The van der Waals surface area contributed by atoms with Crippen LogP contribution in [0.1, 0.15) is 24.0 Å². The quantitative estimate of drug-likeness (QED) is 0.667. The molecule has 1 fully saturated rings. The predicted molar refractivity (Wildman–Crippen MR) is 114 cm³/mol. The normalized spacial score (nSPS) is 23.9. The second-order valence-corrected chi connectivity index (χ2v) is 10.6. The van der Waals surface area contributed by atoms with Crippen LogP contribution in [0.25, 0.3) is 10.4 Å². The average molecular weight is 410 g/mol. The van der Waals surface area contributed by atoms with Crippen molar-refractivity contribution in [1.82, 2.24) is 4.72 Å². The molecule has 3 atom stereocenters. The Morgan fingerprint density at radius 2 is 1.61 bits per heavy atom. The highest BCUT2D eigenvalue weighted by Crippen LogP contribution is 2.41. The van der Waals surface area contributed by atoms with E-state index in [-0.39, 0.29) is 6.04 Å². The first kappa shape index (κ1) is 18.1. The lowest BCUT2D eigenvalue weighted by Gasteiger charge is -2.23. The topological polar surface area (TPSA) is 46.2 Å². The fourth-order valence-corrected chi connectivity index (χ4v) is 6.96. The molecule has 2 aromatic carbocycles. The maximum atomic E-state index is 12.9. The Kier molecular flexibility index (Phi) is 4.62. The smallest absolute Gasteiger partial charge is 0.207 e. The summed E-state index contributed by atoms with van der Waals surface area (Å²) in [4.78, 5) is 1.65. The van der Waals surface area contributed by atoms with Crippen molar-refractivity contribution < 1.29 is 8.42 Å². The van der Waals surface area contributed by atoms with E-state index in [1.165, 1.54) is 21.6 Å². The number of rotatable bonds is 4. The van der Waals surface area contributed by atoms with Gasteiger partial charge in [0.25, 0.3) is 0 Å². The van der Waals surface area contributed by atoms with Gasteiger partial charge in [0.1, 0.15) is 0 Å². The summed E-state index contributed by atoms with van der Waals surface area (Å²) in [5.41, 5.74) is 4.05. The van der Waals surface area contributed by atoms with Crippen LogP contribution in [0.5, 0.6) is 0 Å². The third kappa shape index (κ3) is 3.32. The van der Waals surface area contributed by atoms with E-state index in [0.29, 0.717) is 16.7 Å². The molecule has 2 bridgehead atoms. The lowest BCUT2D eigenvalue weighted by Crippen LogP contribution is -2.41. The van der Waals surface area contributed by atoms with E-state index in [2.05, 4.69) is 40.4 Å². The largest absolute Gasteiger partial charge is 0.240 e. The van der Waals surface area contributed by atoms with Gasteiger partial charge in [0.15, 0.2) is 0 Å². The molecule has 3 unspecified atom stereocenters. The molecule has 0 spiro atoms. The van der Waals surface area contributed by atoms with E-state index in [0.717, 1.165) is 25.7 Å². The number of fused-ring (bicyclic) bond motifs is 3. The first-order valence-corrected chi connectivity index (χ1v) is 12.2. The molecule has 28 heavy (non-hydrogen) atoms. The fourth-order valence-electron chi connectivity index (χ4n) is 4.85. The molecule has 3 aromatic rings. The van der Waals surface area contributed by atoms with Gasteiger partial charge in [-0.2, -0.15) is 0 Å². The van der Waals surface area contributed by atoms with Gasteiger partial charge in [-0.1, -0.05) is 42.5 Å². The van der Waals surface area contributed by atoms with Crippen molar-refractivity contribution >= 4 is 21.4 Å². The summed E-state index contributed by atoms with van der Waals surface area (Å²) in [6.45, 7) is 0. The first-order chi connectivity index (χ1) is 13.6. The highest BCUT2D eigenvalue weighted by atomic mass is 32.2. The van der Waals surface area contributed by atoms with Gasteiger partial charge in [0, 0.05) is 10.9 Å². The Labute approximate surface area is 170 Å². The molecule has 2 aliphatic carbocycles. The Balaban J connectivity index is 1.43. The van der Waals surface area contributed by atoms with Crippen molar-refractivity contribution in [2.75, 3.05) is 0 Å². The minimum absolute atomic E-state index is 0.0165. The van der Waals surface area contributed by atoms with E-state index < -0.39 is 10.0 Å². The summed E-state index contributed by atoms with van der Waals surface area (Å²) in [5, 5.41) is 2.11. The average Bonchev–Trinajstić information content (AvgIpc) is 3.31. The standard InChI is InChI=1S/C23H23NO2S2/c25-28(26,21-5-2-1-3-6-21)24-23-18-10-11-19(23)15-20-14-17(9-8-16(20)13-18)22-7-4-12-27-22/h1-9,12,14,18-19,23-24H,10-11,13,15H2. The zero-order valence-electron chi connectivity index (χ0n) is 15.5. The van der Waals surface area contributed by atoms with Crippen LogP contribution in [0.3, 0.4) is 0 Å². The van der Waals surface area contributed by atoms with Gasteiger partial charge in [-0.3, -0.25) is 0 Å². The second kappa shape index (κ2) is 7.14. The van der Waals surface area contributed by atoms with Crippen LogP contribution < -0.4 is 4.72 Å². The van der Waals surface area contributed by atoms with E-state index in [4.69, 9.17) is 0 Å². The lowest BCUT2D eigenvalue weighted by atomic mass is 9.92. The molecule has 3 nitrogen and oxygen atoms in total. The highest BCUT2D eigenvalue weighted by Gasteiger charge is 2.41. The van der Waals surface area contributed by atoms with Gasteiger partial charge in [-0.05, 0) is 77.8 Å². The number of nitrogens with one attached hydrogen (secondary N) is 1. The third-order valence-corrected chi connectivity index (χ3v) is 8.64. The Morgan fingerprint density at radius 1 is 0.857 bits per heavy atom. The fraction of sp³-hybridized carbons (Fsp3) is 0.304. The summed E-state index contributed by atoms with van der Waals surface area (Å²) >= 11 is 1.76. The molecule has 0 amide bonds. The lowest BCUT2D eigenvalue weighted by molar-refractivity contribution is 0.386. The van der Waals surface area contributed by atoms with Crippen LogP contribution in [0, 0.1) is 11.8 Å². The van der Waals surface area contributed by atoms with E-state index in [1.54, 1.807) is 35.6 Å². The van der Waals surface area contributed by atoms with Gasteiger partial charge < -0.3 is 0 Å². The minimum atomic E-state index is -3.48. The van der Waals surface area contributed by atoms with Crippen molar-refractivity contribution in [3.05, 3.63) is 77.2 Å². The molecular weight excluding hydrogens is 386 g/mol. The number of hydrogen-bond acceptors (Lipinski definition) is 3. The van der Waals surface area contributed by atoms with Gasteiger partial charge in [-0.25, -0.2) is 13.1 Å². The highest BCUT2D eigenvalue weighted by molar-refractivity contribution is 7.89. The molecular formula is C23H23NO2S2. The van der Waals surface area contributed by atoms with Gasteiger partial charge in [0.05, 0.1) is 4.90 Å². The van der Waals surface area contributed by atoms with Gasteiger partial charge in [0.2, 0.25) is 10.0 Å². The molecule has 5 heteroatoms. The Morgan fingerprint density at radius 3 is 2.32 bits per heavy atom. The third-order valence-electron chi connectivity index (χ3n) is 6.24. The summed E-state index contributed by atoms with van der Waals surface area (Å²) in [6.07, 6.45) is 4.10. The SMILES string of the molecule is O=S(=O)(NC1C2CCC1Cc1cc(-c3cccs3)ccc1C2)c1ccccc1. The van der Waals surface area contributed by atoms with Crippen molar-refractivity contribution in [2.24, 2.45) is 11.8 Å². The second-order valence-electron chi connectivity index (χ2n) is 7.93. The van der Waals surface area contributed by atoms with Crippen molar-refractivity contribution in [3.63, 3.8) is 0 Å². The summed E-state index contributed by atoms with van der Waals surface area (Å²) < 4.78 is 28.9. The molecule has 1 N–H and O–H groups in total. The monoisotopic (exact) mass is 409 g/mol. The maximum absolute atomic E-state index is 12.9. The van der Waals surface area contributed by atoms with Crippen LogP contribution in [0.4, 0.5) is 0 Å². The molecule has 1 saturated carbocycles. The van der Waals surface area contributed by atoms with Crippen LogP contribution in [0.2, 0.25) is 0 Å². The molecule has 0 saturated heterocycles. The van der Waals surface area contributed by atoms with Crippen LogP contribution in [0.15, 0.2) is 70.9 Å². The van der Waals surface area contributed by atoms with Crippen molar-refractivity contribution in [1.29, 1.82) is 0 Å². The first-order valence-electron chi connectivity index (χ1n) is 9.83. The Bertz CT molecular complexity index is 1080. The van der Waals surface area contributed by atoms with Gasteiger partial charge in [-0.15, -0.1) is 11.3 Å². The van der Waals surface area contributed by atoms with Crippen LogP contribution in [-0.4, -0.2) is 14.5 Å². The summed E-state index contributed by atoms with van der Waals surface area (Å²) in [7, 11) is -3.48. The molecule has 5 rings (SSSR count). The maximum Gasteiger partial charge on any atom is 0.240 e. The van der Waals surface area contributed by atoms with Crippen LogP contribution >= 0.6 is 11.3 Å². The van der Waals surface area contributed by atoms with Crippen LogP contribution in [-0.2, 0) is 22.9 Å². The number of hydrogen-bond donors (Lipinski definition) is 1. The zero-order chi connectivity index (χ0) is 19.1. The molecule has 2 aliphatic rings. The molecule has 0 radical (unpaired) electrons. The number of benzene rings is 2. The molecule has 1 heterocycles.